The molecule has 1 aromatic heterocycles. The largest absolute Gasteiger partial charge is 0.385 e. The standard InChI is InChI=1S/C17H17F2NO/c1-17(21,12-8-13(18)10-14(19)9-12)15-6-2-4-11-5-3-7-20-16(11)15/h3,5,7-10,15,21H,2,4,6H2,1H3. The Hall–Kier alpha value is -1.81. The summed E-state index contributed by atoms with van der Waals surface area (Å²) in [7, 11) is 0. The van der Waals surface area contributed by atoms with Crippen molar-refractivity contribution in [1.29, 1.82) is 0 Å². The molecule has 1 aliphatic carbocycles. The second-order valence-corrected chi connectivity index (χ2v) is 5.80. The lowest BCUT2D eigenvalue weighted by molar-refractivity contribution is 0.0183. The summed E-state index contributed by atoms with van der Waals surface area (Å²) in [5, 5.41) is 10.9. The molecule has 0 radical (unpaired) electrons. The van der Waals surface area contributed by atoms with Gasteiger partial charge in [0.1, 0.15) is 11.6 Å². The molecule has 0 aliphatic heterocycles. The van der Waals surface area contributed by atoms with Crippen LogP contribution in [0.3, 0.4) is 0 Å². The number of nitrogens with zero attached hydrogens (tertiary/aromatic N) is 1. The summed E-state index contributed by atoms with van der Waals surface area (Å²) in [5.41, 5.74) is 0.833. The van der Waals surface area contributed by atoms with E-state index in [9.17, 15) is 13.9 Å². The van der Waals surface area contributed by atoms with Crippen LogP contribution in [0.2, 0.25) is 0 Å². The van der Waals surface area contributed by atoms with Crippen LogP contribution in [0.5, 0.6) is 0 Å². The molecule has 3 rings (SSSR count). The summed E-state index contributed by atoms with van der Waals surface area (Å²) < 4.78 is 26.9. The average molecular weight is 289 g/mol. The van der Waals surface area contributed by atoms with Gasteiger partial charge in [-0.25, -0.2) is 8.78 Å². The van der Waals surface area contributed by atoms with Crippen LogP contribution in [0.1, 0.15) is 42.5 Å². The number of hydrogen-bond donors (Lipinski definition) is 1. The number of benzene rings is 1. The third-order valence-electron chi connectivity index (χ3n) is 4.32. The number of hydrogen-bond acceptors (Lipinski definition) is 2. The summed E-state index contributed by atoms with van der Waals surface area (Å²) in [4.78, 5) is 4.39. The molecule has 1 aliphatic rings. The maximum Gasteiger partial charge on any atom is 0.126 e. The van der Waals surface area contributed by atoms with Crippen molar-refractivity contribution in [1.82, 2.24) is 4.98 Å². The van der Waals surface area contributed by atoms with Gasteiger partial charge in [0.25, 0.3) is 0 Å². The highest BCUT2D eigenvalue weighted by atomic mass is 19.1. The Morgan fingerprint density at radius 2 is 1.95 bits per heavy atom. The lowest BCUT2D eigenvalue weighted by atomic mass is 9.73. The molecule has 2 unspecified atom stereocenters. The van der Waals surface area contributed by atoms with E-state index in [2.05, 4.69) is 4.98 Å². The van der Waals surface area contributed by atoms with Gasteiger partial charge in [-0.3, -0.25) is 4.98 Å². The first-order chi connectivity index (χ1) is 9.98. The van der Waals surface area contributed by atoms with Crippen LogP contribution >= 0.6 is 0 Å². The van der Waals surface area contributed by atoms with Crippen LogP contribution in [0.15, 0.2) is 36.5 Å². The fourth-order valence-electron chi connectivity index (χ4n) is 3.20. The molecule has 2 nitrogen and oxygen atoms in total. The van der Waals surface area contributed by atoms with Crippen LogP contribution in [0, 0.1) is 11.6 Å². The number of aromatic nitrogens is 1. The highest BCUT2D eigenvalue weighted by Gasteiger charge is 2.38. The van der Waals surface area contributed by atoms with Gasteiger partial charge in [0.15, 0.2) is 0 Å². The Balaban J connectivity index is 2.06. The van der Waals surface area contributed by atoms with Crippen LogP contribution < -0.4 is 0 Å². The monoisotopic (exact) mass is 289 g/mol. The van der Waals surface area contributed by atoms with Gasteiger partial charge >= 0.3 is 0 Å². The van der Waals surface area contributed by atoms with Crippen LogP contribution in [-0.2, 0) is 12.0 Å². The average Bonchev–Trinajstić information content (AvgIpc) is 2.45. The zero-order valence-corrected chi connectivity index (χ0v) is 11.8. The second-order valence-electron chi connectivity index (χ2n) is 5.80. The van der Waals surface area contributed by atoms with Gasteiger partial charge in [-0.2, -0.15) is 0 Å². The van der Waals surface area contributed by atoms with E-state index >= 15 is 0 Å². The molecule has 0 spiro atoms. The fourth-order valence-corrected chi connectivity index (χ4v) is 3.20. The molecule has 2 aromatic rings. The lowest BCUT2D eigenvalue weighted by Crippen LogP contribution is -2.33. The summed E-state index contributed by atoms with van der Waals surface area (Å²) in [6.45, 7) is 1.61. The summed E-state index contributed by atoms with van der Waals surface area (Å²) in [5.74, 6) is -1.62. The van der Waals surface area contributed by atoms with Gasteiger partial charge in [0.05, 0.1) is 5.60 Å². The highest BCUT2D eigenvalue weighted by Crippen LogP contribution is 2.43. The van der Waals surface area contributed by atoms with Crippen molar-refractivity contribution < 1.29 is 13.9 Å². The van der Waals surface area contributed by atoms with Gasteiger partial charge in [-0.1, -0.05) is 6.07 Å². The topological polar surface area (TPSA) is 33.1 Å². The van der Waals surface area contributed by atoms with Crippen molar-refractivity contribution in [2.45, 2.75) is 37.7 Å². The number of fused-ring (bicyclic) bond motifs is 1. The molecule has 4 heteroatoms. The predicted octanol–water partition coefficient (Wildman–Crippen LogP) is 3.69. The molecule has 2 atom stereocenters. The van der Waals surface area contributed by atoms with E-state index in [4.69, 9.17) is 0 Å². The first-order valence-corrected chi connectivity index (χ1v) is 7.11. The van der Waals surface area contributed by atoms with E-state index in [1.807, 2.05) is 12.1 Å². The van der Waals surface area contributed by atoms with E-state index < -0.39 is 17.2 Å². The molecule has 0 saturated heterocycles. The second kappa shape index (κ2) is 5.19. The number of aliphatic hydroxyl groups is 1. The van der Waals surface area contributed by atoms with Crippen molar-refractivity contribution in [3.05, 3.63) is 65.0 Å². The zero-order chi connectivity index (χ0) is 15.0. The third kappa shape index (κ3) is 2.56. The van der Waals surface area contributed by atoms with Crippen molar-refractivity contribution in [2.75, 3.05) is 0 Å². The predicted molar refractivity (Wildman–Crippen MR) is 75.8 cm³/mol. The van der Waals surface area contributed by atoms with Crippen molar-refractivity contribution in [3.8, 4) is 0 Å². The van der Waals surface area contributed by atoms with Gasteiger partial charge in [0, 0.05) is 23.9 Å². The zero-order valence-electron chi connectivity index (χ0n) is 11.8. The molecule has 0 saturated carbocycles. The van der Waals surface area contributed by atoms with Crippen LogP contribution in [-0.4, -0.2) is 10.1 Å². The van der Waals surface area contributed by atoms with Gasteiger partial charge in [0.2, 0.25) is 0 Å². The Labute approximate surface area is 122 Å². The SMILES string of the molecule is CC(O)(c1cc(F)cc(F)c1)C1CCCc2cccnc21. The molecule has 1 aromatic carbocycles. The van der Waals surface area contributed by atoms with Crippen molar-refractivity contribution in [2.24, 2.45) is 0 Å². The minimum atomic E-state index is -1.35. The van der Waals surface area contributed by atoms with E-state index in [1.54, 1.807) is 13.1 Å². The maximum absolute atomic E-state index is 13.5. The molecule has 1 heterocycles. The smallest absolute Gasteiger partial charge is 0.126 e. The summed E-state index contributed by atoms with van der Waals surface area (Å²) >= 11 is 0. The van der Waals surface area contributed by atoms with E-state index in [0.717, 1.165) is 36.6 Å². The summed E-state index contributed by atoms with van der Waals surface area (Å²) in [6.07, 6.45) is 4.29. The Kier molecular flexibility index (Phi) is 3.49. The maximum atomic E-state index is 13.5. The Morgan fingerprint density at radius 3 is 2.67 bits per heavy atom. The first kappa shape index (κ1) is 14.1. The molecule has 0 bridgehead atoms. The van der Waals surface area contributed by atoms with Gasteiger partial charge in [-0.15, -0.1) is 0 Å². The minimum absolute atomic E-state index is 0.253. The molecular weight excluding hydrogens is 272 g/mol. The lowest BCUT2D eigenvalue weighted by Gasteiger charge is -2.36. The van der Waals surface area contributed by atoms with Crippen LogP contribution in [0.4, 0.5) is 8.78 Å². The van der Waals surface area contributed by atoms with Gasteiger partial charge in [-0.05, 0) is 55.5 Å². The molecule has 1 N–H and O–H groups in total. The molecule has 21 heavy (non-hydrogen) atoms. The van der Waals surface area contributed by atoms with Crippen molar-refractivity contribution in [3.63, 3.8) is 0 Å². The number of halogens is 2. The molecular formula is C17H17F2NO. The minimum Gasteiger partial charge on any atom is -0.385 e. The fraction of sp³-hybridized carbons (Fsp3) is 0.353. The normalized spacial score (nSPS) is 20.7. The number of pyridine rings is 1. The van der Waals surface area contributed by atoms with E-state index in [0.29, 0.717) is 0 Å². The number of aryl methyl sites for hydroxylation is 1. The van der Waals surface area contributed by atoms with Gasteiger partial charge < -0.3 is 5.11 Å². The van der Waals surface area contributed by atoms with E-state index in [-0.39, 0.29) is 11.5 Å². The number of rotatable bonds is 2. The third-order valence-corrected chi connectivity index (χ3v) is 4.32. The quantitative estimate of drug-likeness (QED) is 0.914. The molecule has 0 fully saturated rings. The Bertz CT molecular complexity index is 649. The van der Waals surface area contributed by atoms with Crippen molar-refractivity contribution >= 4 is 0 Å². The van der Waals surface area contributed by atoms with Crippen LogP contribution in [0.25, 0.3) is 0 Å². The molecule has 0 amide bonds. The highest BCUT2D eigenvalue weighted by molar-refractivity contribution is 5.33. The van der Waals surface area contributed by atoms with E-state index in [1.165, 1.54) is 12.1 Å². The Morgan fingerprint density at radius 1 is 1.24 bits per heavy atom. The first-order valence-electron chi connectivity index (χ1n) is 7.11. The summed E-state index contributed by atoms with van der Waals surface area (Å²) in [6, 6.07) is 7.07. The molecule has 110 valence electrons.